The van der Waals surface area contributed by atoms with Crippen molar-refractivity contribution in [2.24, 2.45) is 5.92 Å². The minimum Gasteiger partial charge on any atom is -0.281 e. The van der Waals surface area contributed by atoms with Gasteiger partial charge in [-0.05, 0) is 53.6 Å². The van der Waals surface area contributed by atoms with E-state index < -0.39 is 10.5 Å². The standard InChI is InChI=1S/C10H17ClO.C2Cl2O2/c11-10(12)8-4-7-9-5-2-1-3-6-9;3-1(5)2(4)6/h9H,1-8H2;. The highest BCUT2D eigenvalue weighted by molar-refractivity contribution is 6.97. The van der Waals surface area contributed by atoms with Gasteiger partial charge in [-0.15, -0.1) is 0 Å². The third kappa shape index (κ3) is 11.0. The van der Waals surface area contributed by atoms with Crippen LogP contribution in [0.3, 0.4) is 0 Å². The molecule has 1 aliphatic rings. The van der Waals surface area contributed by atoms with E-state index in [1.165, 1.54) is 38.5 Å². The zero-order valence-corrected chi connectivity index (χ0v) is 12.4. The van der Waals surface area contributed by atoms with Crippen molar-refractivity contribution >= 4 is 50.5 Å². The summed E-state index contributed by atoms with van der Waals surface area (Å²) in [5.41, 5.74) is 0. The molecule has 1 fully saturated rings. The highest BCUT2D eigenvalue weighted by atomic mass is 35.5. The van der Waals surface area contributed by atoms with E-state index in [1.54, 1.807) is 0 Å². The Morgan fingerprint density at radius 2 is 1.39 bits per heavy atom. The van der Waals surface area contributed by atoms with Crippen LogP contribution in [0.5, 0.6) is 0 Å². The van der Waals surface area contributed by atoms with Gasteiger partial charge in [-0.25, -0.2) is 0 Å². The molecule has 0 aliphatic heterocycles. The molecule has 0 saturated heterocycles. The number of carbonyl (C=O) groups excluding carboxylic acids is 3. The second-order valence-corrected chi connectivity index (χ2v) is 5.41. The van der Waals surface area contributed by atoms with Crippen molar-refractivity contribution in [2.75, 3.05) is 0 Å². The molecular weight excluding hydrogens is 298 g/mol. The quantitative estimate of drug-likeness (QED) is 0.569. The van der Waals surface area contributed by atoms with E-state index in [2.05, 4.69) is 23.2 Å². The van der Waals surface area contributed by atoms with Crippen LogP contribution in [0.2, 0.25) is 0 Å². The van der Waals surface area contributed by atoms with Crippen LogP contribution in [-0.4, -0.2) is 15.7 Å². The van der Waals surface area contributed by atoms with Crippen LogP contribution in [-0.2, 0) is 14.4 Å². The average Bonchev–Trinajstić information content (AvgIpc) is 2.30. The summed E-state index contributed by atoms with van der Waals surface area (Å²) < 4.78 is 0. The van der Waals surface area contributed by atoms with Crippen LogP contribution in [0.15, 0.2) is 0 Å². The lowest BCUT2D eigenvalue weighted by Crippen LogP contribution is -2.06. The second kappa shape index (κ2) is 10.8. The number of hydrogen-bond donors (Lipinski definition) is 0. The fraction of sp³-hybridized carbons (Fsp3) is 0.750. The predicted octanol–water partition coefficient (Wildman–Crippen LogP) is 4.02. The lowest BCUT2D eigenvalue weighted by molar-refractivity contribution is -0.127. The van der Waals surface area contributed by atoms with E-state index in [-0.39, 0.29) is 5.24 Å². The van der Waals surface area contributed by atoms with E-state index in [1.807, 2.05) is 0 Å². The summed E-state index contributed by atoms with van der Waals surface area (Å²) in [5.74, 6) is 0.884. The van der Waals surface area contributed by atoms with Gasteiger partial charge < -0.3 is 0 Å². The van der Waals surface area contributed by atoms with Crippen molar-refractivity contribution < 1.29 is 14.4 Å². The Morgan fingerprint density at radius 1 is 0.889 bits per heavy atom. The molecule has 1 rings (SSSR count). The molecule has 0 N–H and O–H groups in total. The fourth-order valence-corrected chi connectivity index (χ4v) is 2.14. The Kier molecular flexibility index (Phi) is 10.7. The van der Waals surface area contributed by atoms with E-state index >= 15 is 0 Å². The molecule has 0 aromatic rings. The largest absolute Gasteiger partial charge is 0.304 e. The molecular formula is C12H17Cl3O3. The summed E-state index contributed by atoms with van der Waals surface area (Å²) in [7, 11) is 0. The molecule has 1 aliphatic carbocycles. The molecule has 6 heteroatoms. The first kappa shape index (κ1) is 17.9. The van der Waals surface area contributed by atoms with E-state index in [9.17, 15) is 14.4 Å². The van der Waals surface area contributed by atoms with Crippen LogP contribution >= 0.6 is 34.8 Å². The van der Waals surface area contributed by atoms with E-state index in [0.29, 0.717) is 6.42 Å². The highest BCUT2D eigenvalue weighted by Crippen LogP contribution is 2.27. The SMILES string of the molecule is O=C(Cl)C(=O)Cl.O=C(Cl)CCCC1CCCCC1. The molecule has 0 bridgehead atoms. The van der Waals surface area contributed by atoms with Gasteiger partial charge in [0.05, 0.1) is 0 Å². The summed E-state index contributed by atoms with van der Waals surface area (Å²) in [6, 6.07) is 0. The van der Waals surface area contributed by atoms with Crippen LogP contribution in [0.25, 0.3) is 0 Å². The molecule has 0 amide bonds. The van der Waals surface area contributed by atoms with Crippen LogP contribution in [0.4, 0.5) is 0 Å². The van der Waals surface area contributed by atoms with Crippen molar-refractivity contribution in [3.8, 4) is 0 Å². The maximum Gasteiger partial charge on any atom is 0.304 e. The van der Waals surface area contributed by atoms with Gasteiger partial charge >= 0.3 is 10.5 Å². The van der Waals surface area contributed by atoms with Crippen molar-refractivity contribution in [2.45, 2.75) is 51.4 Å². The summed E-state index contributed by atoms with van der Waals surface area (Å²) in [6.07, 6.45) is 9.69. The van der Waals surface area contributed by atoms with Crippen molar-refractivity contribution in [3.63, 3.8) is 0 Å². The van der Waals surface area contributed by atoms with E-state index in [0.717, 1.165) is 12.3 Å². The monoisotopic (exact) mass is 314 g/mol. The molecule has 18 heavy (non-hydrogen) atoms. The molecule has 0 aromatic heterocycles. The van der Waals surface area contributed by atoms with Gasteiger partial charge in [0.2, 0.25) is 5.24 Å². The Morgan fingerprint density at radius 3 is 1.78 bits per heavy atom. The van der Waals surface area contributed by atoms with Crippen molar-refractivity contribution in [1.82, 2.24) is 0 Å². The lowest BCUT2D eigenvalue weighted by atomic mass is 9.86. The second-order valence-electron chi connectivity index (χ2n) is 4.30. The average molecular weight is 316 g/mol. The number of carbonyl (C=O) groups is 3. The Labute approximate surface area is 122 Å². The smallest absolute Gasteiger partial charge is 0.281 e. The maximum absolute atomic E-state index is 10.5. The van der Waals surface area contributed by atoms with Gasteiger partial charge in [-0.1, -0.05) is 32.1 Å². The van der Waals surface area contributed by atoms with Gasteiger partial charge in [0, 0.05) is 6.42 Å². The van der Waals surface area contributed by atoms with Crippen LogP contribution in [0.1, 0.15) is 51.4 Å². The normalized spacial score (nSPS) is 15.5. The molecule has 104 valence electrons. The predicted molar refractivity (Wildman–Crippen MR) is 73.0 cm³/mol. The third-order valence-corrected chi connectivity index (χ3v) is 3.49. The number of hydrogen-bond acceptors (Lipinski definition) is 3. The molecule has 1 saturated carbocycles. The minimum absolute atomic E-state index is 0.175. The molecule has 0 heterocycles. The maximum atomic E-state index is 10.5. The van der Waals surface area contributed by atoms with E-state index in [4.69, 9.17) is 11.6 Å². The summed E-state index contributed by atoms with van der Waals surface area (Å²) in [5, 5.41) is -2.46. The molecule has 0 aromatic carbocycles. The van der Waals surface area contributed by atoms with Gasteiger partial charge in [-0.2, -0.15) is 0 Å². The minimum atomic E-state index is -1.14. The summed E-state index contributed by atoms with van der Waals surface area (Å²) in [6.45, 7) is 0. The number of halogens is 3. The molecule has 0 spiro atoms. The fourth-order valence-electron chi connectivity index (χ4n) is 2.01. The third-order valence-electron chi connectivity index (χ3n) is 2.86. The first-order valence-electron chi connectivity index (χ1n) is 6.01. The highest BCUT2D eigenvalue weighted by Gasteiger charge is 2.12. The van der Waals surface area contributed by atoms with Gasteiger partial charge in [-0.3, -0.25) is 14.4 Å². The lowest BCUT2D eigenvalue weighted by Gasteiger charge is -2.20. The zero-order valence-electron chi connectivity index (χ0n) is 10.1. The summed E-state index contributed by atoms with van der Waals surface area (Å²) >= 11 is 14.2. The summed E-state index contributed by atoms with van der Waals surface area (Å²) in [4.78, 5) is 29.3. The van der Waals surface area contributed by atoms with Crippen LogP contribution < -0.4 is 0 Å². The topological polar surface area (TPSA) is 51.2 Å². The Balaban J connectivity index is 0.000000411. The molecule has 0 radical (unpaired) electrons. The molecule has 0 unspecified atom stereocenters. The first-order chi connectivity index (χ1) is 8.43. The van der Waals surface area contributed by atoms with Gasteiger partial charge in [0.1, 0.15) is 0 Å². The van der Waals surface area contributed by atoms with Gasteiger partial charge in [0.15, 0.2) is 0 Å². The van der Waals surface area contributed by atoms with Gasteiger partial charge in [0.25, 0.3) is 0 Å². The Bertz CT molecular complexity index is 274. The number of rotatable bonds is 5. The van der Waals surface area contributed by atoms with Crippen molar-refractivity contribution in [3.05, 3.63) is 0 Å². The molecule has 3 nitrogen and oxygen atoms in total. The zero-order chi connectivity index (χ0) is 14.0. The van der Waals surface area contributed by atoms with Crippen LogP contribution in [0, 0.1) is 5.92 Å². The Hall–Kier alpha value is -0.120. The van der Waals surface area contributed by atoms with Crippen molar-refractivity contribution in [1.29, 1.82) is 0 Å². The first-order valence-corrected chi connectivity index (χ1v) is 7.14. The molecule has 0 atom stereocenters.